The number of anilines is 1. The second kappa shape index (κ2) is 6.51. The summed E-state index contributed by atoms with van der Waals surface area (Å²) in [6.07, 6.45) is 5.38. The maximum atomic E-state index is 12.1. The van der Waals surface area contributed by atoms with Crippen LogP contribution in [0.25, 0.3) is 0 Å². The van der Waals surface area contributed by atoms with E-state index in [0.717, 1.165) is 10.0 Å². The lowest BCUT2D eigenvalue weighted by Crippen LogP contribution is -2.28. The van der Waals surface area contributed by atoms with Crippen LogP contribution in [0, 0.1) is 6.92 Å². The first kappa shape index (κ1) is 14.5. The van der Waals surface area contributed by atoms with Crippen LogP contribution in [0.1, 0.15) is 15.9 Å². The standard InChI is InChI=1S/C13H16BrN5O/c1-9-6-18-19(8-9)4-3-16-13(20)11-5-10(14)7-17-12(11)15-2/h5-8H,3-4H2,1-2H3,(H,15,17)(H,16,20). The van der Waals surface area contributed by atoms with E-state index < -0.39 is 0 Å². The minimum Gasteiger partial charge on any atom is -0.372 e. The van der Waals surface area contributed by atoms with Crippen LogP contribution in [-0.2, 0) is 6.54 Å². The second-order valence-electron chi connectivity index (χ2n) is 4.34. The molecule has 1 amide bonds. The number of carbonyl (C=O) groups is 1. The van der Waals surface area contributed by atoms with Crippen LogP contribution < -0.4 is 10.6 Å². The Balaban J connectivity index is 1.96. The molecule has 0 aromatic carbocycles. The molecule has 2 aromatic heterocycles. The summed E-state index contributed by atoms with van der Waals surface area (Å²) in [6, 6.07) is 1.74. The van der Waals surface area contributed by atoms with E-state index in [4.69, 9.17) is 0 Å². The molecule has 0 atom stereocenters. The number of amides is 1. The largest absolute Gasteiger partial charge is 0.372 e. The molecule has 2 heterocycles. The lowest BCUT2D eigenvalue weighted by molar-refractivity contribution is 0.0952. The van der Waals surface area contributed by atoms with Crippen LogP contribution in [-0.4, -0.2) is 34.3 Å². The molecule has 106 valence electrons. The molecule has 7 heteroatoms. The summed E-state index contributed by atoms with van der Waals surface area (Å²) in [5.74, 6) is 0.396. The summed E-state index contributed by atoms with van der Waals surface area (Å²) in [4.78, 5) is 16.3. The zero-order valence-electron chi connectivity index (χ0n) is 11.4. The number of nitrogens with one attached hydrogen (secondary N) is 2. The van der Waals surface area contributed by atoms with Crippen molar-refractivity contribution < 1.29 is 4.79 Å². The van der Waals surface area contributed by atoms with Crippen molar-refractivity contribution in [3.8, 4) is 0 Å². The smallest absolute Gasteiger partial charge is 0.255 e. The Hall–Kier alpha value is -1.89. The van der Waals surface area contributed by atoms with Crippen LogP contribution in [0.4, 0.5) is 5.82 Å². The molecule has 0 spiro atoms. The highest BCUT2D eigenvalue weighted by Gasteiger charge is 2.12. The Labute approximate surface area is 125 Å². The fourth-order valence-electron chi connectivity index (χ4n) is 1.78. The van der Waals surface area contributed by atoms with Gasteiger partial charge in [-0.3, -0.25) is 9.48 Å². The number of hydrogen-bond donors (Lipinski definition) is 2. The minimum absolute atomic E-state index is 0.160. The zero-order chi connectivity index (χ0) is 14.5. The van der Waals surface area contributed by atoms with Crippen molar-refractivity contribution in [2.24, 2.45) is 0 Å². The molecule has 0 fully saturated rings. The third-order valence-corrected chi connectivity index (χ3v) is 3.16. The summed E-state index contributed by atoms with van der Waals surface area (Å²) in [7, 11) is 1.74. The van der Waals surface area contributed by atoms with Gasteiger partial charge in [-0.25, -0.2) is 4.98 Å². The highest BCUT2D eigenvalue weighted by molar-refractivity contribution is 9.10. The number of nitrogens with zero attached hydrogens (tertiary/aromatic N) is 3. The number of halogens is 1. The third-order valence-electron chi connectivity index (χ3n) is 2.72. The first-order chi connectivity index (χ1) is 9.60. The Bertz CT molecular complexity index is 611. The summed E-state index contributed by atoms with van der Waals surface area (Å²) >= 11 is 3.32. The molecule has 0 radical (unpaired) electrons. The van der Waals surface area contributed by atoms with E-state index in [2.05, 4.69) is 36.6 Å². The Morgan fingerprint density at radius 3 is 2.90 bits per heavy atom. The molecule has 0 aliphatic rings. The average Bonchev–Trinajstić information content (AvgIpc) is 2.84. The van der Waals surface area contributed by atoms with E-state index in [9.17, 15) is 4.79 Å². The van der Waals surface area contributed by atoms with Gasteiger partial charge in [0.15, 0.2) is 0 Å². The van der Waals surface area contributed by atoms with Crippen molar-refractivity contribution in [2.75, 3.05) is 18.9 Å². The number of pyridine rings is 1. The van der Waals surface area contributed by atoms with Crippen molar-refractivity contribution in [2.45, 2.75) is 13.5 Å². The van der Waals surface area contributed by atoms with Crippen LogP contribution in [0.15, 0.2) is 29.1 Å². The van der Waals surface area contributed by atoms with Gasteiger partial charge in [-0.2, -0.15) is 5.10 Å². The Morgan fingerprint density at radius 1 is 1.45 bits per heavy atom. The van der Waals surface area contributed by atoms with Gasteiger partial charge in [-0.05, 0) is 34.5 Å². The van der Waals surface area contributed by atoms with Crippen molar-refractivity contribution in [1.29, 1.82) is 0 Å². The highest BCUT2D eigenvalue weighted by Crippen LogP contribution is 2.17. The predicted octanol–water partition coefficient (Wildman–Crippen LogP) is 1.82. The molecule has 0 unspecified atom stereocenters. The molecule has 0 saturated heterocycles. The lowest BCUT2D eigenvalue weighted by Gasteiger charge is -2.09. The van der Waals surface area contributed by atoms with Gasteiger partial charge in [-0.15, -0.1) is 0 Å². The summed E-state index contributed by atoms with van der Waals surface area (Å²) in [5.41, 5.74) is 1.61. The summed E-state index contributed by atoms with van der Waals surface area (Å²) in [5, 5.41) is 9.93. The van der Waals surface area contributed by atoms with E-state index in [-0.39, 0.29) is 5.91 Å². The van der Waals surface area contributed by atoms with E-state index >= 15 is 0 Å². The molecule has 0 aliphatic carbocycles. The van der Waals surface area contributed by atoms with Gasteiger partial charge in [-0.1, -0.05) is 0 Å². The van der Waals surface area contributed by atoms with Crippen LogP contribution in [0.5, 0.6) is 0 Å². The normalized spacial score (nSPS) is 10.3. The number of aryl methyl sites for hydroxylation is 1. The van der Waals surface area contributed by atoms with Crippen molar-refractivity contribution in [1.82, 2.24) is 20.1 Å². The van der Waals surface area contributed by atoms with E-state index in [1.54, 1.807) is 30.2 Å². The van der Waals surface area contributed by atoms with Gasteiger partial charge in [0.2, 0.25) is 0 Å². The maximum Gasteiger partial charge on any atom is 0.255 e. The highest BCUT2D eigenvalue weighted by atomic mass is 79.9. The first-order valence-electron chi connectivity index (χ1n) is 6.20. The fourth-order valence-corrected chi connectivity index (χ4v) is 2.11. The first-order valence-corrected chi connectivity index (χ1v) is 7.00. The molecular weight excluding hydrogens is 322 g/mol. The molecule has 2 aromatic rings. The predicted molar refractivity (Wildman–Crippen MR) is 80.8 cm³/mol. The Kier molecular flexibility index (Phi) is 4.73. The monoisotopic (exact) mass is 337 g/mol. The quantitative estimate of drug-likeness (QED) is 0.872. The van der Waals surface area contributed by atoms with Crippen molar-refractivity contribution >= 4 is 27.7 Å². The number of hydrogen-bond acceptors (Lipinski definition) is 4. The molecule has 20 heavy (non-hydrogen) atoms. The number of aromatic nitrogens is 3. The van der Waals surface area contributed by atoms with E-state index in [1.807, 2.05) is 13.1 Å². The van der Waals surface area contributed by atoms with Gasteiger partial charge >= 0.3 is 0 Å². The molecule has 2 rings (SSSR count). The average molecular weight is 338 g/mol. The van der Waals surface area contributed by atoms with E-state index in [0.29, 0.717) is 24.5 Å². The van der Waals surface area contributed by atoms with Gasteiger partial charge in [0.1, 0.15) is 5.82 Å². The lowest BCUT2D eigenvalue weighted by atomic mass is 10.2. The van der Waals surface area contributed by atoms with Crippen LogP contribution in [0.2, 0.25) is 0 Å². The van der Waals surface area contributed by atoms with Gasteiger partial charge in [0.25, 0.3) is 5.91 Å². The van der Waals surface area contributed by atoms with Crippen LogP contribution >= 0.6 is 15.9 Å². The van der Waals surface area contributed by atoms with Gasteiger partial charge in [0.05, 0.1) is 18.3 Å². The van der Waals surface area contributed by atoms with Crippen LogP contribution in [0.3, 0.4) is 0 Å². The molecule has 0 bridgehead atoms. The summed E-state index contributed by atoms with van der Waals surface area (Å²) in [6.45, 7) is 3.12. The maximum absolute atomic E-state index is 12.1. The number of carbonyl (C=O) groups excluding carboxylic acids is 1. The molecule has 0 saturated carbocycles. The van der Waals surface area contributed by atoms with E-state index in [1.165, 1.54) is 0 Å². The minimum atomic E-state index is -0.160. The van der Waals surface area contributed by atoms with Crippen molar-refractivity contribution in [3.63, 3.8) is 0 Å². The Morgan fingerprint density at radius 2 is 2.25 bits per heavy atom. The molecular formula is C13H16BrN5O. The molecule has 2 N–H and O–H groups in total. The summed E-state index contributed by atoms with van der Waals surface area (Å²) < 4.78 is 2.57. The molecule has 0 aliphatic heterocycles. The third kappa shape index (κ3) is 3.57. The molecule has 6 nitrogen and oxygen atoms in total. The van der Waals surface area contributed by atoms with Gasteiger partial charge < -0.3 is 10.6 Å². The fraction of sp³-hybridized carbons (Fsp3) is 0.308. The number of rotatable bonds is 5. The SMILES string of the molecule is CNc1ncc(Br)cc1C(=O)NCCn1cc(C)cn1. The topological polar surface area (TPSA) is 71.8 Å². The second-order valence-corrected chi connectivity index (χ2v) is 5.25. The van der Waals surface area contributed by atoms with Crippen molar-refractivity contribution in [3.05, 3.63) is 40.3 Å². The van der Waals surface area contributed by atoms with Gasteiger partial charge in [0, 0.05) is 30.5 Å². The zero-order valence-corrected chi connectivity index (χ0v) is 12.9.